The van der Waals surface area contributed by atoms with Gasteiger partial charge in [0.1, 0.15) is 5.82 Å². The standard InChI is InChI=1S/C25H35N5/c1-19(2)17-26-14-8-16-30-22-12-5-4-11-21(22)28-24(30)18-29(3)23-13-6-9-20-10-7-15-27-25(20)23/h4-5,7,10-12,15,19,23,26H,6,8-9,13-14,16-18H2,1-3H3/t23-/m0/s1. The van der Waals surface area contributed by atoms with Crippen LogP contribution in [0.4, 0.5) is 0 Å². The van der Waals surface area contributed by atoms with E-state index in [0.29, 0.717) is 12.0 Å². The second-order valence-corrected chi connectivity index (χ2v) is 8.99. The lowest BCUT2D eigenvalue weighted by molar-refractivity contribution is 0.201. The molecule has 3 aromatic rings. The molecule has 0 fully saturated rings. The fourth-order valence-corrected chi connectivity index (χ4v) is 4.60. The largest absolute Gasteiger partial charge is 0.327 e. The number of pyridine rings is 1. The van der Waals surface area contributed by atoms with Gasteiger partial charge in [0.15, 0.2) is 0 Å². The van der Waals surface area contributed by atoms with E-state index in [-0.39, 0.29) is 0 Å². The minimum atomic E-state index is 0.371. The Morgan fingerprint density at radius 2 is 2.07 bits per heavy atom. The molecule has 1 aromatic carbocycles. The number of hydrogen-bond acceptors (Lipinski definition) is 4. The quantitative estimate of drug-likeness (QED) is 0.530. The van der Waals surface area contributed by atoms with E-state index < -0.39 is 0 Å². The highest BCUT2D eigenvalue weighted by Gasteiger charge is 2.26. The average Bonchev–Trinajstić information content (AvgIpc) is 3.10. The van der Waals surface area contributed by atoms with Gasteiger partial charge in [-0.3, -0.25) is 9.88 Å². The number of rotatable bonds is 9. The van der Waals surface area contributed by atoms with Crippen molar-refractivity contribution in [2.45, 2.75) is 58.7 Å². The third-order valence-electron chi connectivity index (χ3n) is 6.11. The highest BCUT2D eigenvalue weighted by molar-refractivity contribution is 5.75. The number of hydrogen-bond donors (Lipinski definition) is 1. The molecule has 2 aromatic heterocycles. The van der Waals surface area contributed by atoms with Gasteiger partial charge >= 0.3 is 0 Å². The van der Waals surface area contributed by atoms with E-state index in [2.05, 4.69) is 72.1 Å². The number of fused-ring (bicyclic) bond motifs is 2. The molecule has 1 atom stereocenters. The molecule has 2 heterocycles. The van der Waals surface area contributed by atoms with E-state index in [0.717, 1.165) is 50.4 Å². The van der Waals surface area contributed by atoms with Crippen molar-refractivity contribution >= 4 is 11.0 Å². The zero-order chi connectivity index (χ0) is 20.9. The molecule has 5 heteroatoms. The van der Waals surface area contributed by atoms with Crippen LogP contribution in [0.1, 0.15) is 56.2 Å². The molecule has 0 spiro atoms. The Bertz CT molecular complexity index is 961. The van der Waals surface area contributed by atoms with Crippen LogP contribution in [0.2, 0.25) is 0 Å². The Balaban J connectivity index is 1.51. The summed E-state index contributed by atoms with van der Waals surface area (Å²) < 4.78 is 2.42. The Hall–Kier alpha value is -2.24. The molecule has 5 nitrogen and oxygen atoms in total. The van der Waals surface area contributed by atoms with Crippen molar-refractivity contribution in [3.63, 3.8) is 0 Å². The average molecular weight is 406 g/mol. The molecule has 1 aliphatic rings. The predicted molar refractivity (Wildman–Crippen MR) is 123 cm³/mol. The SMILES string of the molecule is CC(C)CNCCCn1c(CN(C)[C@H]2CCCc3cccnc32)nc2ccccc21. The Morgan fingerprint density at radius 1 is 1.20 bits per heavy atom. The molecule has 0 aliphatic heterocycles. The van der Waals surface area contributed by atoms with E-state index in [9.17, 15) is 0 Å². The molecule has 0 saturated carbocycles. The van der Waals surface area contributed by atoms with Crippen molar-refractivity contribution < 1.29 is 0 Å². The molecule has 0 bridgehead atoms. The Kier molecular flexibility index (Phi) is 6.80. The third kappa shape index (κ3) is 4.73. The van der Waals surface area contributed by atoms with Crippen molar-refractivity contribution in [2.24, 2.45) is 5.92 Å². The first-order valence-corrected chi connectivity index (χ1v) is 11.4. The van der Waals surface area contributed by atoms with Crippen molar-refractivity contribution in [2.75, 3.05) is 20.1 Å². The smallest absolute Gasteiger partial charge is 0.124 e. The van der Waals surface area contributed by atoms with E-state index in [1.165, 1.54) is 29.6 Å². The predicted octanol–water partition coefficient (Wildman–Crippen LogP) is 4.58. The minimum Gasteiger partial charge on any atom is -0.327 e. The van der Waals surface area contributed by atoms with E-state index in [1.807, 2.05) is 6.20 Å². The summed E-state index contributed by atoms with van der Waals surface area (Å²) in [4.78, 5) is 12.2. The Morgan fingerprint density at radius 3 is 2.93 bits per heavy atom. The van der Waals surface area contributed by atoms with Gasteiger partial charge in [-0.05, 0) is 75.5 Å². The first-order chi connectivity index (χ1) is 14.6. The zero-order valence-electron chi connectivity index (χ0n) is 18.6. The van der Waals surface area contributed by atoms with Gasteiger partial charge in [0.25, 0.3) is 0 Å². The molecule has 1 N–H and O–H groups in total. The lowest BCUT2D eigenvalue weighted by Crippen LogP contribution is -2.29. The molecule has 0 amide bonds. The van der Waals surface area contributed by atoms with Crippen LogP contribution >= 0.6 is 0 Å². The summed E-state index contributed by atoms with van der Waals surface area (Å²) in [5.74, 6) is 1.85. The fraction of sp³-hybridized carbons (Fsp3) is 0.520. The monoisotopic (exact) mass is 405 g/mol. The molecular weight excluding hydrogens is 370 g/mol. The number of nitrogens with one attached hydrogen (secondary N) is 1. The maximum atomic E-state index is 5.01. The molecule has 0 unspecified atom stereocenters. The van der Waals surface area contributed by atoms with Gasteiger partial charge in [0.05, 0.1) is 29.3 Å². The van der Waals surface area contributed by atoms with Crippen LogP contribution in [0.15, 0.2) is 42.6 Å². The molecular formula is C25H35N5. The van der Waals surface area contributed by atoms with E-state index in [1.54, 1.807) is 0 Å². The summed E-state index contributed by atoms with van der Waals surface area (Å²) in [6, 6.07) is 13.2. The molecule has 0 saturated heterocycles. The van der Waals surface area contributed by atoms with Gasteiger partial charge in [0, 0.05) is 12.7 Å². The van der Waals surface area contributed by atoms with Crippen LogP contribution in [0, 0.1) is 5.92 Å². The maximum Gasteiger partial charge on any atom is 0.124 e. The second-order valence-electron chi connectivity index (χ2n) is 8.99. The lowest BCUT2D eigenvalue weighted by Gasteiger charge is -2.32. The molecule has 30 heavy (non-hydrogen) atoms. The van der Waals surface area contributed by atoms with Gasteiger partial charge in [0.2, 0.25) is 0 Å². The van der Waals surface area contributed by atoms with Crippen LogP contribution in [0.25, 0.3) is 11.0 Å². The minimum absolute atomic E-state index is 0.371. The first kappa shape index (κ1) is 21.0. The van der Waals surface area contributed by atoms with Gasteiger partial charge in [-0.15, -0.1) is 0 Å². The third-order valence-corrected chi connectivity index (χ3v) is 6.11. The first-order valence-electron chi connectivity index (χ1n) is 11.4. The molecule has 0 radical (unpaired) electrons. The summed E-state index contributed by atoms with van der Waals surface area (Å²) in [7, 11) is 2.22. The summed E-state index contributed by atoms with van der Waals surface area (Å²) in [6.07, 6.45) is 6.59. The zero-order valence-corrected chi connectivity index (χ0v) is 18.6. The van der Waals surface area contributed by atoms with Gasteiger partial charge in [-0.2, -0.15) is 0 Å². The van der Waals surface area contributed by atoms with Gasteiger partial charge < -0.3 is 9.88 Å². The number of aryl methyl sites for hydroxylation is 2. The van der Waals surface area contributed by atoms with Crippen molar-refractivity contribution in [1.82, 2.24) is 24.8 Å². The number of aromatic nitrogens is 3. The van der Waals surface area contributed by atoms with Crippen molar-refractivity contribution in [1.29, 1.82) is 0 Å². The maximum absolute atomic E-state index is 5.01. The van der Waals surface area contributed by atoms with Crippen molar-refractivity contribution in [3.05, 3.63) is 59.7 Å². The van der Waals surface area contributed by atoms with Crippen LogP contribution in [0.3, 0.4) is 0 Å². The van der Waals surface area contributed by atoms with Crippen LogP contribution in [-0.2, 0) is 19.5 Å². The van der Waals surface area contributed by atoms with E-state index in [4.69, 9.17) is 9.97 Å². The number of nitrogens with zero attached hydrogens (tertiary/aromatic N) is 4. The normalized spacial score (nSPS) is 16.5. The number of imidazole rings is 1. The van der Waals surface area contributed by atoms with Gasteiger partial charge in [-0.1, -0.05) is 32.0 Å². The fourth-order valence-electron chi connectivity index (χ4n) is 4.60. The summed E-state index contributed by atoms with van der Waals surface area (Å²) in [6.45, 7) is 8.46. The molecule has 4 rings (SSSR count). The van der Waals surface area contributed by atoms with Crippen molar-refractivity contribution in [3.8, 4) is 0 Å². The summed E-state index contributed by atoms with van der Waals surface area (Å²) in [5.41, 5.74) is 5.00. The van der Waals surface area contributed by atoms with Gasteiger partial charge in [-0.25, -0.2) is 4.98 Å². The number of para-hydroxylation sites is 2. The van der Waals surface area contributed by atoms with Crippen LogP contribution in [-0.4, -0.2) is 39.6 Å². The lowest BCUT2D eigenvalue weighted by atomic mass is 9.91. The highest BCUT2D eigenvalue weighted by atomic mass is 15.2. The number of benzene rings is 1. The van der Waals surface area contributed by atoms with E-state index >= 15 is 0 Å². The topological polar surface area (TPSA) is 46.0 Å². The summed E-state index contributed by atoms with van der Waals surface area (Å²) in [5, 5.41) is 3.57. The molecule has 1 aliphatic carbocycles. The second kappa shape index (κ2) is 9.71. The van der Waals surface area contributed by atoms with Crippen LogP contribution in [0.5, 0.6) is 0 Å². The molecule has 160 valence electrons. The highest BCUT2D eigenvalue weighted by Crippen LogP contribution is 2.33. The Labute approximate surface area is 180 Å². The van der Waals surface area contributed by atoms with Crippen LogP contribution < -0.4 is 5.32 Å². The summed E-state index contributed by atoms with van der Waals surface area (Å²) >= 11 is 0.